The summed E-state index contributed by atoms with van der Waals surface area (Å²) in [5.41, 5.74) is 0. The fourth-order valence-corrected chi connectivity index (χ4v) is 1.50. The number of hydroxylamine groups is 1. The van der Waals surface area contributed by atoms with E-state index in [1.165, 1.54) is 18.4 Å². The lowest BCUT2D eigenvalue weighted by Crippen LogP contribution is -2.42. The molecule has 0 aliphatic carbocycles. The SMILES string of the molecule is CN1S[N+](C)([O-])N(C)C1=O. The fraction of sp³-hybridized carbons (Fsp3) is 0.750. The number of carbonyl (C=O) groups is 1. The highest BCUT2D eigenvalue weighted by Crippen LogP contribution is 2.31. The van der Waals surface area contributed by atoms with Gasteiger partial charge in [-0.05, 0) is 0 Å². The first-order chi connectivity index (χ1) is 4.45. The number of quaternary nitrogens is 1. The van der Waals surface area contributed by atoms with E-state index in [1.54, 1.807) is 7.05 Å². The van der Waals surface area contributed by atoms with E-state index in [0.29, 0.717) is 0 Å². The van der Waals surface area contributed by atoms with Gasteiger partial charge in [0.1, 0.15) is 7.05 Å². The van der Waals surface area contributed by atoms with Crippen LogP contribution in [0.3, 0.4) is 0 Å². The minimum absolute atomic E-state index is 0.262. The number of hydrogen-bond acceptors (Lipinski definition) is 3. The van der Waals surface area contributed by atoms with Crippen molar-refractivity contribution in [1.82, 2.24) is 9.31 Å². The number of amides is 2. The van der Waals surface area contributed by atoms with Crippen LogP contribution < -0.4 is 0 Å². The third-order valence-corrected chi connectivity index (χ3v) is 2.31. The Labute approximate surface area is 63.6 Å². The molecule has 0 aromatic rings. The van der Waals surface area contributed by atoms with E-state index in [4.69, 9.17) is 0 Å². The maximum Gasteiger partial charge on any atom is 0.379 e. The van der Waals surface area contributed by atoms with E-state index in [0.717, 1.165) is 17.1 Å². The van der Waals surface area contributed by atoms with Crippen LogP contribution in [0.2, 0.25) is 0 Å². The van der Waals surface area contributed by atoms with Crippen molar-refractivity contribution in [3.63, 3.8) is 0 Å². The largest absolute Gasteiger partial charge is 0.593 e. The van der Waals surface area contributed by atoms with Gasteiger partial charge in [-0.2, -0.15) is 9.17 Å². The second kappa shape index (κ2) is 2.01. The summed E-state index contributed by atoms with van der Waals surface area (Å²) in [7, 11) is 4.46. The van der Waals surface area contributed by atoms with Crippen LogP contribution in [0.4, 0.5) is 4.79 Å². The molecule has 58 valence electrons. The van der Waals surface area contributed by atoms with Crippen LogP contribution in [0, 0.1) is 5.21 Å². The number of urea groups is 1. The average Bonchev–Trinajstić information content (AvgIpc) is 1.95. The first-order valence-corrected chi connectivity index (χ1v) is 3.47. The summed E-state index contributed by atoms with van der Waals surface area (Å²) < 4.78 is 0.600. The minimum Gasteiger partial charge on any atom is -0.593 e. The van der Waals surface area contributed by atoms with Gasteiger partial charge in [-0.1, -0.05) is 0 Å². The second-order valence-electron chi connectivity index (χ2n) is 2.19. The summed E-state index contributed by atoms with van der Waals surface area (Å²) in [6.07, 6.45) is 0. The summed E-state index contributed by atoms with van der Waals surface area (Å²) >= 11 is 0.931. The highest BCUT2D eigenvalue weighted by molar-refractivity contribution is 7.92. The molecule has 1 saturated heterocycles. The molecule has 1 unspecified atom stereocenters. The molecule has 1 aliphatic rings. The Balaban J connectivity index is 2.81. The van der Waals surface area contributed by atoms with Crippen molar-refractivity contribution in [2.45, 2.75) is 0 Å². The summed E-state index contributed by atoms with van der Waals surface area (Å²) in [5, 5.41) is 12.3. The number of rotatable bonds is 0. The van der Waals surface area contributed by atoms with Gasteiger partial charge in [-0.15, -0.1) is 0 Å². The number of carbonyl (C=O) groups excluding carboxylic acids is 1. The Morgan fingerprint density at radius 1 is 1.60 bits per heavy atom. The molecule has 10 heavy (non-hydrogen) atoms. The molecule has 1 atom stereocenters. The van der Waals surface area contributed by atoms with Crippen LogP contribution >= 0.6 is 12.1 Å². The molecular weight excluding hydrogens is 154 g/mol. The lowest BCUT2D eigenvalue weighted by Gasteiger charge is -2.32. The van der Waals surface area contributed by atoms with Crippen molar-refractivity contribution in [3.05, 3.63) is 5.21 Å². The standard InChI is InChI=1S/C4H9N3O2S/c1-5-4(8)6(2)10-7(5,3)9/h1-3H3. The molecule has 1 rings (SSSR count). The van der Waals surface area contributed by atoms with Gasteiger partial charge >= 0.3 is 6.03 Å². The van der Waals surface area contributed by atoms with Crippen molar-refractivity contribution < 1.29 is 8.96 Å². The normalized spacial score (nSPS) is 33.8. The molecule has 0 saturated carbocycles. The van der Waals surface area contributed by atoms with Crippen molar-refractivity contribution in [2.24, 2.45) is 0 Å². The Bertz CT molecular complexity index is 172. The molecule has 0 N–H and O–H groups in total. The predicted octanol–water partition coefficient (Wildman–Crippen LogP) is 0.406. The molecule has 1 heterocycles. The van der Waals surface area contributed by atoms with E-state index in [9.17, 15) is 10.0 Å². The topological polar surface area (TPSA) is 46.6 Å². The van der Waals surface area contributed by atoms with Crippen molar-refractivity contribution >= 4 is 18.2 Å². The average molecular weight is 163 g/mol. The first kappa shape index (κ1) is 7.64. The Kier molecular flexibility index (Phi) is 1.54. The fourth-order valence-electron chi connectivity index (χ4n) is 0.676. The van der Waals surface area contributed by atoms with Gasteiger partial charge in [0.2, 0.25) is 12.1 Å². The molecule has 0 bridgehead atoms. The third-order valence-electron chi connectivity index (χ3n) is 1.37. The first-order valence-electron chi connectivity index (χ1n) is 2.74. The molecule has 6 heteroatoms. The lowest BCUT2D eigenvalue weighted by molar-refractivity contribution is -0.829. The highest BCUT2D eigenvalue weighted by Gasteiger charge is 2.39. The minimum atomic E-state index is -0.713. The van der Waals surface area contributed by atoms with Crippen LogP contribution in [-0.4, -0.2) is 40.6 Å². The van der Waals surface area contributed by atoms with Crippen LogP contribution in [0.15, 0.2) is 0 Å². The van der Waals surface area contributed by atoms with Gasteiger partial charge in [0, 0.05) is 7.05 Å². The Morgan fingerprint density at radius 3 is 2.20 bits per heavy atom. The molecule has 1 aliphatic heterocycles. The van der Waals surface area contributed by atoms with Crippen LogP contribution in [0.25, 0.3) is 0 Å². The van der Waals surface area contributed by atoms with Crippen molar-refractivity contribution in [1.29, 1.82) is 0 Å². The molecular formula is C4H9N3O2S. The smallest absolute Gasteiger partial charge is 0.379 e. The Morgan fingerprint density at radius 2 is 2.10 bits per heavy atom. The molecule has 2 amide bonds. The second-order valence-corrected chi connectivity index (χ2v) is 3.58. The van der Waals surface area contributed by atoms with Gasteiger partial charge in [0.25, 0.3) is 0 Å². The number of hydrogen-bond donors (Lipinski definition) is 0. The van der Waals surface area contributed by atoms with Crippen LogP contribution in [-0.2, 0) is 0 Å². The molecule has 1 fully saturated rings. The molecule has 0 spiro atoms. The molecule has 0 radical (unpaired) electrons. The van der Waals surface area contributed by atoms with Gasteiger partial charge in [-0.25, -0.2) is 9.10 Å². The third kappa shape index (κ3) is 0.938. The Hall–Kier alpha value is -0.460. The van der Waals surface area contributed by atoms with E-state index < -0.39 is 4.16 Å². The van der Waals surface area contributed by atoms with E-state index in [1.807, 2.05) is 0 Å². The molecule has 5 nitrogen and oxygen atoms in total. The number of nitrogens with zero attached hydrogens (tertiary/aromatic N) is 3. The summed E-state index contributed by atoms with van der Waals surface area (Å²) in [6, 6.07) is -0.262. The maximum atomic E-state index is 11.2. The quantitative estimate of drug-likeness (QED) is 0.295. The summed E-state index contributed by atoms with van der Waals surface area (Å²) in [4.78, 5) is 10.9. The zero-order chi connectivity index (χ0) is 7.94. The van der Waals surface area contributed by atoms with E-state index in [2.05, 4.69) is 0 Å². The van der Waals surface area contributed by atoms with Gasteiger partial charge < -0.3 is 5.21 Å². The zero-order valence-corrected chi connectivity index (χ0v) is 6.88. The molecule has 0 aromatic heterocycles. The van der Waals surface area contributed by atoms with Gasteiger partial charge in [0.05, 0.1) is 7.05 Å². The van der Waals surface area contributed by atoms with Gasteiger partial charge in [-0.3, -0.25) is 0 Å². The highest BCUT2D eigenvalue weighted by atomic mass is 32.2. The van der Waals surface area contributed by atoms with E-state index in [-0.39, 0.29) is 6.03 Å². The lowest BCUT2D eigenvalue weighted by atomic mass is 10.9. The predicted molar refractivity (Wildman–Crippen MR) is 38.1 cm³/mol. The monoisotopic (exact) mass is 163 g/mol. The van der Waals surface area contributed by atoms with E-state index >= 15 is 0 Å². The summed E-state index contributed by atoms with van der Waals surface area (Å²) in [5.74, 6) is 0. The zero-order valence-electron chi connectivity index (χ0n) is 6.07. The maximum absolute atomic E-state index is 11.2. The van der Waals surface area contributed by atoms with Crippen LogP contribution in [0.1, 0.15) is 0 Å². The molecule has 0 aromatic carbocycles. The van der Waals surface area contributed by atoms with Crippen molar-refractivity contribution in [2.75, 3.05) is 21.1 Å². The van der Waals surface area contributed by atoms with Gasteiger partial charge in [0.15, 0.2) is 0 Å². The van der Waals surface area contributed by atoms with Crippen LogP contribution in [0.5, 0.6) is 0 Å². The van der Waals surface area contributed by atoms with Crippen molar-refractivity contribution in [3.8, 4) is 0 Å². The summed E-state index contributed by atoms with van der Waals surface area (Å²) in [6.45, 7) is 0.